The van der Waals surface area contributed by atoms with E-state index < -0.39 is 8.11 Å². The maximum atomic E-state index is 11.6. The van der Waals surface area contributed by atoms with Crippen molar-refractivity contribution in [1.29, 1.82) is 5.26 Å². The van der Waals surface area contributed by atoms with Gasteiger partial charge in [-0.1, -0.05) is 77.6 Å². The Hall–Kier alpha value is 0.880. The molecule has 0 radical (unpaired) electrons. The van der Waals surface area contributed by atoms with E-state index in [0.717, 1.165) is 0 Å². The summed E-state index contributed by atoms with van der Waals surface area (Å²) in [5.74, 6) is -0.631. The molecule has 0 aromatic heterocycles. The fourth-order valence-corrected chi connectivity index (χ4v) is 3.83. The summed E-state index contributed by atoms with van der Waals surface area (Å²) in [5.41, 5.74) is -0.178. The van der Waals surface area contributed by atoms with Crippen molar-refractivity contribution in [3.63, 3.8) is 0 Å². The van der Waals surface area contributed by atoms with Crippen molar-refractivity contribution in [2.75, 3.05) is 0 Å². The van der Waals surface area contributed by atoms with E-state index in [9.17, 15) is 4.79 Å². The van der Waals surface area contributed by atoms with Crippen LogP contribution in [0.1, 0.15) is 13.8 Å². The van der Waals surface area contributed by atoms with Gasteiger partial charge < -0.3 is 4.74 Å². The SMILES string of the molecule is CC1(C)C(C(=O)OC#N)C1C(Br)C(Br)(Br)Br. The Labute approximate surface area is 128 Å². The quantitative estimate of drug-likeness (QED) is 0.341. The number of hydrogen-bond acceptors (Lipinski definition) is 3. The minimum atomic E-state index is -0.476. The average molecular weight is 483 g/mol. The Bertz CT molecular complexity index is 344. The lowest BCUT2D eigenvalue weighted by Gasteiger charge is -2.20. The summed E-state index contributed by atoms with van der Waals surface area (Å²) in [6.07, 6.45) is 1.42. The largest absolute Gasteiger partial charge is 0.351 e. The number of nitrogens with zero attached hydrogens (tertiary/aromatic N) is 1. The highest BCUT2D eigenvalue weighted by atomic mass is 80.0. The first-order valence-electron chi connectivity index (χ1n) is 4.44. The summed E-state index contributed by atoms with van der Waals surface area (Å²) in [4.78, 5) is 11.5. The molecule has 1 saturated carbocycles. The van der Waals surface area contributed by atoms with Crippen LogP contribution >= 0.6 is 63.7 Å². The zero-order chi connectivity index (χ0) is 12.7. The molecule has 16 heavy (non-hydrogen) atoms. The maximum Gasteiger partial charge on any atom is 0.325 e. The van der Waals surface area contributed by atoms with Gasteiger partial charge in [-0.2, -0.15) is 0 Å². The van der Waals surface area contributed by atoms with Crippen molar-refractivity contribution in [3.8, 4) is 6.26 Å². The third-order valence-corrected chi connectivity index (χ3v) is 7.52. The molecular weight excluding hydrogens is 474 g/mol. The van der Waals surface area contributed by atoms with E-state index in [1.54, 1.807) is 0 Å². The van der Waals surface area contributed by atoms with E-state index in [2.05, 4.69) is 68.5 Å². The molecule has 0 saturated heterocycles. The van der Waals surface area contributed by atoms with Crippen LogP contribution < -0.4 is 0 Å². The van der Waals surface area contributed by atoms with Crippen LogP contribution in [-0.2, 0) is 9.53 Å². The molecule has 0 N–H and O–H groups in total. The first kappa shape index (κ1) is 14.9. The maximum absolute atomic E-state index is 11.6. The smallest absolute Gasteiger partial charge is 0.325 e. The Kier molecular flexibility index (Phi) is 4.54. The molecule has 0 heterocycles. The zero-order valence-corrected chi connectivity index (χ0v) is 14.9. The number of carbonyl (C=O) groups excluding carboxylic acids is 1. The van der Waals surface area contributed by atoms with E-state index in [1.165, 1.54) is 6.26 Å². The molecule has 1 aliphatic rings. The predicted molar refractivity (Wildman–Crippen MR) is 74.7 cm³/mol. The Balaban J connectivity index is 2.79. The Morgan fingerprint density at radius 3 is 2.38 bits per heavy atom. The first-order valence-corrected chi connectivity index (χ1v) is 7.74. The number of nitriles is 1. The van der Waals surface area contributed by atoms with Crippen molar-refractivity contribution in [3.05, 3.63) is 0 Å². The van der Waals surface area contributed by atoms with Gasteiger partial charge in [0.1, 0.15) is 2.14 Å². The van der Waals surface area contributed by atoms with Gasteiger partial charge in [0, 0.05) is 0 Å². The second-order valence-electron chi connectivity index (χ2n) is 4.28. The van der Waals surface area contributed by atoms with Gasteiger partial charge in [0.05, 0.1) is 10.7 Å². The van der Waals surface area contributed by atoms with E-state index in [1.807, 2.05) is 13.8 Å². The molecule has 1 fully saturated rings. The minimum absolute atomic E-state index is 0.00811. The molecule has 0 amide bonds. The molecule has 1 rings (SSSR count). The molecule has 0 spiro atoms. The summed E-state index contributed by atoms with van der Waals surface area (Å²) in [5, 5.41) is 8.34. The monoisotopic (exact) mass is 479 g/mol. The van der Waals surface area contributed by atoms with Crippen LogP contribution in [0.25, 0.3) is 0 Å². The van der Waals surface area contributed by atoms with Crippen LogP contribution in [0.15, 0.2) is 0 Å². The highest BCUT2D eigenvalue weighted by Crippen LogP contribution is 2.65. The minimum Gasteiger partial charge on any atom is -0.351 e. The number of rotatable bonds is 2. The molecule has 90 valence electrons. The molecule has 3 atom stereocenters. The summed E-state index contributed by atoms with van der Waals surface area (Å²) >= 11 is 13.8. The van der Waals surface area contributed by atoms with Gasteiger partial charge in [-0.05, 0) is 11.3 Å². The second-order valence-corrected chi connectivity index (χ2v) is 12.2. The molecule has 7 heteroatoms. The number of carbonyl (C=O) groups is 1. The van der Waals surface area contributed by atoms with Crippen LogP contribution in [0, 0.1) is 28.8 Å². The summed E-state index contributed by atoms with van der Waals surface area (Å²) in [6.45, 7) is 3.96. The van der Waals surface area contributed by atoms with Crippen molar-refractivity contribution in [2.24, 2.45) is 17.3 Å². The standard InChI is InChI=1S/C9H9Br4NO2/c1-8(2)4(6(10)9(11,12)13)5(8)7(15)16-3-14/h4-6H,1-2H3. The van der Waals surface area contributed by atoms with Crippen LogP contribution in [-0.4, -0.2) is 12.9 Å². The number of halogens is 4. The zero-order valence-electron chi connectivity index (χ0n) is 8.51. The molecule has 0 bridgehead atoms. The third-order valence-electron chi connectivity index (χ3n) is 2.94. The predicted octanol–water partition coefficient (Wildman–Crippen LogP) is 3.88. The molecule has 0 aromatic carbocycles. The number of alkyl halides is 4. The Morgan fingerprint density at radius 2 is 2.00 bits per heavy atom. The van der Waals surface area contributed by atoms with Crippen LogP contribution in [0.3, 0.4) is 0 Å². The van der Waals surface area contributed by atoms with Gasteiger partial charge in [-0.25, -0.2) is 0 Å². The average Bonchev–Trinajstić information content (AvgIpc) is 2.66. The molecule has 1 aliphatic carbocycles. The van der Waals surface area contributed by atoms with Crippen molar-refractivity contribution in [2.45, 2.75) is 20.8 Å². The van der Waals surface area contributed by atoms with E-state index in [4.69, 9.17) is 5.26 Å². The summed E-state index contributed by atoms with van der Waals surface area (Å²) < 4.78 is 3.92. The summed E-state index contributed by atoms with van der Waals surface area (Å²) in [6, 6.07) is 0. The highest BCUT2D eigenvalue weighted by molar-refractivity contribution is 9.40. The van der Waals surface area contributed by atoms with Gasteiger partial charge in [0.25, 0.3) is 6.26 Å². The lowest BCUT2D eigenvalue weighted by molar-refractivity contribution is -0.139. The van der Waals surface area contributed by atoms with Crippen molar-refractivity contribution >= 4 is 69.7 Å². The van der Waals surface area contributed by atoms with Crippen molar-refractivity contribution in [1.82, 2.24) is 0 Å². The number of hydrogen-bond donors (Lipinski definition) is 0. The van der Waals surface area contributed by atoms with Gasteiger partial charge in [0.2, 0.25) is 0 Å². The van der Waals surface area contributed by atoms with E-state index in [-0.39, 0.29) is 22.1 Å². The van der Waals surface area contributed by atoms with E-state index in [0.29, 0.717) is 0 Å². The molecule has 3 nitrogen and oxygen atoms in total. The fourth-order valence-electron chi connectivity index (χ4n) is 1.99. The summed E-state index contributed by atoms with van der Waals surface area (Å²) in [7, 11) is 0. The van der Waals surface area contributed by atoms with Gasteiger partial charge >= 0.3 is 5.97 Å². The Morgan fingerprint density at radius 1 is 1.50 bits per heavy atom. The number of esters is 1. The molecule has 3 unspecified atom stereocenters. The van der Waals surface area contributed by atoms with Gasteiger partial charge in [0.15, 0.2) is 0 Å². The first-order chi connectivity index (χ1) is 7.14. The molecular formula is C9H9Br4NO2. The van der Waals surface area contributed by atoms with Crippen LogP contribution in [0.5, 0.6) is 0 Å². The van der Waals surface area contributed by atoms with Gasteiger partial charge in [-0.3, -0.25) is 4.79 Å². The van der Waals surface area contributed by atoms with Crippen LogP contribution in [0.4, 0.5) is 0 Å². The normalized spacial score (nSPS) is 29.1. The fraction of sp³-hybridized carbons (Fsp3) is 0.778. The van der Waals surface area contributed by atoms with E-state index >= 15 is 0 Å². The molecule has 0 aromatic rings. The second kappa shape index (κ2) is 4.87. The lowest BCUT2D eigenvalue weighted by atomic mass is 10.1. The topological polar surface area (TPSA) is 50.1 Å². The molecule has 0 aliphatic heterocycles. The highest BCUT2D eigenvalue weighted by Gasteiger charge is 2.67. The van der Waals surface area contributed by atoms with Crippen LogP contribution in [0.2, 0.25) is 0 Å². The lowest BCUT2D eigenvalue weighted by Crippen LogP contribution is -2.22. The number of ether oxygens (including phenoxy) is 1. The third kappa shape index (κ3) is 2.82. The van der Waals surface area contributed by atoms with Crippen molar-refractivity contribution < 1.29 is 9.53 Å². The van der Waals surface area contributed by atoms with Gasteiger partial charge in [-0.15, -0.1) is 5.26 Å².